The van der Waals surface area contributed by atoms with Crippen LogP contribution in [0, 0.1) is 5.92 Å². The van der Waals surface area contributed by atoms with Crippen LogP contribution in [-0.2, 0) is 9.47 Å². The summed E-state index contributed by atoms with van der Waals surface area (Å²) in [5, 5.41) is 0. The monoisotopic (exact) mass is 129 g/mol. The van der Waals surface area contributed by atoms with E-state index in [1.807, 2.05) is 0 Å². The molecule has 2 aliphatic rings. The maximum atomic E-state index is 5.71. The minimum absolute atomic E-state index is 0.0278. The fourth-order valence-corrected chi connectivity index (χ4v) is 1.50. The van der Waals surface area contributed by atoms with Crippen molar-refractivity contribution in [3.8, 4) is 0 Å². The largest absolute Gasteiger partial charge is 0.352 e. The van der Waals surface area contributed by atoms with Crippen LogP contribution in [0.3, 0.4) is 0 Å². The SMILES string of the molecule is N[C@@H]1CO[C@H]2OCC[C@H]21. The third-order valence-electron chi connectivity index (χ3n) is 2.09. The number of hydrogen-bond acceptors (Lipinski definition) is 3. The zero-order valence-electron chi connectivity index (χ0n) is 5.25. The number of ether oxygens (including phenoxy) is 2. The van der Waals surface area contributed by atoms with Gasteiger partial charge < -0.3 is 15.2 Å². The Balaban J connectivity index is 2.07. The second kappa shape index (κ2) is 1.94. The predicted octanol–water partition coefficient (Wildman–Crippen LogP) is -0.294. The first-order valence-corrected chi connectivity index (χ1v) is 3.37. The maximum Gasteiger partial charge on any atom is 0.162 e. The van der Waals surface area contributed by atoms with Gasteiger partial charge in [-0.25, -0.2) is 0 Å². The molecule has 0 spiro atoms. The molecule has 0 aromatic heterocycles. The zero-order chi connectivity index (χ0) is 6.27. The minimum atomic E-state index is 0.0278. The molecule has 3 nitrogen and oxygen atoms in total. The standard InChI is InChI=1S/C6H11NO2/c7-5-3-9-6-4(5)1-2-8-6/h4-6H,1-3,7H2/t4-,5+,6+/m0/s1. The Labute approximate surface area is 54.1 Å². The van der Waals surface area contributed by atoms with Gasteiger partial charge in [-0.3, -0.25) is 0 Å². The van der Waals surface area contributed by atoms with Gasteiger partial charge in [0.05, 0.1) is 13.2 Å². The number of rotatable bonds is 0. The Morgan fingerprint density at radius 1 is 1.33 bits per heavy atom. The Hall–Kier alpha value is -0.120. The van der Waals surface area contributed by atoms with Crippen LogP contribution >= 0.6 is 0 Å². The molecule has 0 bridgehead atoms. The van der Waals surface area contributed by atoms with Crippen LogP contribution in [0.2, 0.25) is 0 Å². The summed E-state index contributed by atoms with van der Waals surface area (Å²) in [6, 6.07) is 0.220. The first-order chi connectivity index (χ1) is 4.38. The number of nitrogens with two attached hydrogens (primary N) is 1. The highest BCUT2D eigenvalue weighted by molar-refractivity contribution is 4.84. The van der Waals surface area contributed by atoms with Crippen molar-refractivity contribution < 1.29 is 9.47 Å². The van der Waals surface area contributed by atoms with E-state index in [0.717, 1.165) is 13.0 Å². The van der Waals surface area contributed by atoms with Gasteiger partial charge in [0.25, 0.3) is 0 Å². The smallest absolute Gasteiger partial charge is 0.162 e. The first kappa shape index (κ1) is 5.65. The molecule has 0 aromatic carbocycles. The molecule has 0 unspecified atom stereocenters. The number of fused-ring (bicyclic) bond motifs is 1. The van der Waals surface area contributed by atoms with Crippen LogP contribution in [0.15, 0.2) is 0 Å². The maximum absolute atomic E-state index is 5.71. The molecule has 0 aliphatic carbocycles. The van der Waals surface area contributed by atoms with Crippen molar-refractivity contribution in [2.24, 2.45) is 11.7 Å². The summed E-state index contributed by atoms with van der Waals surface area (Å²) in [4.78, 5) is 0. The molecule has 9 heavy (non-hydrogen) atoms. The highest BCUT2D eigenvalue weighted by Gasteiger charge is 2.39. The van der Waals surface area contributed by atoms with Gasteiger partial charge in [0.2, 0.25) is 0 Å². The van der Waals surface area contributed by atoms with Crippen molar-refractivity contribution in [1.82, 2.24) is 0 Å². The van der Waals surface area contributed by atoms with Crippen LogP contribution in [0.5, 0.6) is 0 Å². The van der Waals surface area contributed by atoms with Gasteiger partial charge in [0, 0.05) is 12.0 Å². The van der Waals surface area contributed by atoms with Crippen molar-refractivity contribution in [3.63, 3.8) is 0 Å². The molecule has 0 saturated carbocycles. The predicted molar refractivity (Wildman–Crippen MR) is 31.8 cm³/mol. The van der Waals surface area contributed by atoms with E-state index in [0.29, 0.717) is 12.5 Å². The van der Waals surface area contributed by atoms with Crippen LogP contribution in [0.25, 0.3) is 0 Å². The lowest BCUT2D eigenvalue weighted by Gasteiger charge is -2.07. The molecular weight excluding hydrogens is 118 g/mol. The lowest BCUT2D eigenvalue weighted by molar-refractivity contribution is -0.0905. The topological polar surface area (TPSA) is 44.5 Å². The fraction of sp³-hybridized carbons (Fsp3) is 1.00. The number of hydrogen-bond donors (Lipinski definition) is 1. The third-order valence-corrected chi connectivity index (χ3v) is 2.09. The summed E-state index contributed by atoms with van der Waals surface area (Å²) in [5.74, 6) is 0.477. The summed E-state index contributed by atoms with van der Waals surface area (Å²) < 4.78 is 10.5. The first-order valence-electron chi connectivity index (χ1n) is 3.37. The van der Waals surface area contributed by atoms with E-state index in [-0.39, 0.29) is 12.3 Å². The summed E-state index contributed by atoms with van der Waals surface area (Å²) in [6.07, 6.45) is 1.10. The molecule has 2 fully saturated rings. The molecule has 3 atom stereocenters. The molecule has 0 radical (unpaired) electrons. The van der Waals surface area contributed by atoms with Gasteiger partial charge in [-0.05, 0) is 6.42 Å². The van der Waals surface area contributed by atoms with E-state index in [1.54, 1.807) is 0 Å². The van der Waals surface area contributed by atoms with Gasteiger partial charge in [-0.15, -0.1) is 0 Å². The van der Waals surface area contributed by atoms with Crippen molar-refractivity contribution in [3.05, 3.63) is 0 Å². The molecule has 2 heterocycles. The van der Waals surface area contributed by atoms with Crippen molar-refractivity contribution in [2.75, 3.05) is 13.2 Å². The van der Waals surface area contributed by atoms with Gasteiger partial charge in [0.15, 0.2) is 6.29 Å². The van der Waals surface area contributed by atoms with Crippen LogP contribution in [0.4, 0.5) is 0 Å². The van der Waals surface area contributed by atoms with E-state index in [2.05, 4.69) is 0 Å². The molecule has 0 amide bonds. The van der Waals surface area contributed by atoms with Gasteiger partial charge in [0.1, 0.15) is 0 Å². The van der Waals surface area contributed by atoms with Crippen LogP contribution < -0.4 is 5.73 Å². The minimum Gasteiger partial charge on any atom is -0.352 e. The molecule has 2 rings (SSSR count). The normalized spacial score (nSPS) is 49.7. The Kier molecular flexibility index (Phi) is 1.22. The molecular formula is C6H11NO2. The third kappa shape index (κ3) is 0.764. The van der Waals surface area contributed by atoms with Crippen molar-refractivity contribution in [2.45, 2.75) is 18.8 Å². The molecule has 0 aromatic rings. The Bertz CT molecular complexity index is 118. The second-order valence-corrected chi connectivity index (χ2v) is 2.69. The lowest BCUT2D eigenvalue weighted by Crippen LogP contribution is -2.28. The highest BCUT2D eigenvalue weighted by atomic mass is 16.7. The van der Waals surface area contributed by atoms with Gasteiger partial charge in [-0.2, -0.15) is 0 Å². The Morgan fingerprint density at radius 2 is 2.22 bits per heavy atom. The van der Waals surface area contributed by atoms with Gasteiger partial charge >= 0.3 is 0 Å². The zero-order valence-corrected chi connectivity index (χ0v) is 5.25. The van der Waals surface area contributed by atoms with E-state index in [9.17, 15) is 0 Å². The fourth-order valence-electron chi connectivity index (χ4n) is 1.50. The summed E-state index contributed by atoms with van der Waals surface area (Å²) >= 11 is 0. The van der Waals surface area contributed by atoms with E-state index in [4.69, 9.17) is 15.2 Å². The highest BCUT2D eigenvalue weighted by Crippen LogP contribution is 2.29. The molecule has 52 valence electrons. The lowest BCUT2D eigenvalue weighted by atomic mass is 10.0. The van der Waals surface area contributed by atoms with E-state index in [1.165, 1.54) is 0 Å². The molecule has 2 aliphatic heterocycles. The van der Waals surface area contributed by atoms with Crippen LogP contribution in [-0.4, -0.2) is 25.5 Å². The molecule has 3 heteroatoms. The average Bonchev–Trinajstić information content (AvgIpc) is 2.35. The molecule has 2 N–H and O–H groups in total. The van der Waals surface area contributed by atoms with E-state index >= 15 is 0 Å². The summed E-state index contributed by atoms with van der Waals surface area (Å²) in [6.45, 7) is 1.50. The van der Waals surface area contributed by atoms with Crippen molar-refractivity contribution in [1.29, 1.82) is 0 Å². The van der Waals surface area contributed by atoms with Crippen molar-refractivity contribution >= 4 is 0 Å². The average molecular weight is 129 g/mol. The van der Waals surface area contributed by atoms with E-state index < -0.39 is 0 Å². The second-order valence-electron chi connectivity index (χ2n) is 2.69. The quantitative estimate of drug-likeness (QED) is 0.488. The molecule has 2 saturated heterocycles. The Morgan fingerprint density at radius 3 is 3.00 bits per heavy atom. The summed E-state index contributed by atoms with van der Waals surface area (Å²) in [7, 11) is 0. The van der Waals surface area contributed by atoms with Crippen LogP contribution in [0.1, 0.15) is 6.42 Å². The van der Waals surface area contributed by atoms with Gasteiger partial charge in [-0.1, -0.05) is 0 Å². The summed E-state index contributed by atoms with van der Waals surface area (Å²) in [5.41, 5.74) is 5.71.